The minimum Gasteiger partial charge on any atom is -0.491 e. The van der Waals surface area contributed by atoms with Crippen LogP contribution in [0.15, 0.2) is 35.6 Å². The van der Waals surface area contributed by atoms with Gasteiger partial charge < -0.3 is 15.0 Å². The molecule has 0 bridgehead atoms. The molecule has 0 saturated heterocycles. The lowest BCUT2D eigenvalue weighted by atomic mass is 9.86. The van der Waals surface area contributed by atoms with E-state index in [-0.39, 0.29) is 29.4 Å². The Hall–Kier alpha value is -1.84. The largest absolute Gasteiger partial charge is 0.491 e. The predicted molar refractivity (Wildman–Crippen MR) is 120 cm³/mol. The Morgan fingerprint density at radius 1 is 1.30 bits per heavy atom. The van der Waals surface area contributed by atoms with E-state index in [9.17, 15) is 0 Å². The number of halogens is 1. The van der Waals surface area contributed by atoms with Gasteiger partial charge in [-0.25, -0.2) is 4.98 Å². The van der Waals surface area contributed by atoms with Crippen LogP contribution in [0.25, 0.3) is 0 Å². The maximum absolute atomic E-state index is 6.00. The van der Waals surface area contributed by atoms with Gasteiger partial charge in [-0.05, 0) is 17.0 Å². The molecule has 0 radical (unpaired) electrons. The Balaban J connectivity index is 0.00000364. The number of aromatic nitrogens is 3. The average Bonchev–Trinajstić information content (AvgIpc) is 2.99. The molecule has 1 aromatic carbocycles. The Kier molecular flexibility index (Phi) is 9.01. The normalized spacial score (nSPS) is 11.7. The van der Waals surface area contributed by atoms with E-state index in [1.807, 2.05) is 31.1 Å². The second kappa shape index (κ2) is 10.5. The van der Waals surface area contributed by atoms with Crippen molar-refractivity contribution in [3.05, 3.63) is 42.0 Å². The molecule has 0 saturated carbocycles. The summed E-state index contributed by atoms with van der Waals surface area (Å²) in [6, 6.07) is 8.20. The van der Waals surface area contributed by atoms with Crippen LogP contribution in [0.1, 0.15) is 32.2 Å². The molecule has 0 aliphatic rings. The minimum absolute atomic E-state index is 0. The summed E-state index contributed by atoms with van der Waals surface area (Å²) in [7, 11) is 5.62. The average molecular weight is 486 g/mol. The Bertz CT molecular complexity index is 738. The summed E-state index contributed by atoms with van der Waals surface area (Å²) >= 11 is 0. The van der Waals surface area contributed by atoms with Crippen molar-refractivity contribution < 1.29 is 4.74 Å². The van der Waals surface area contributed by atoms with E-state index >= 15 is 0 Å². The maximum atomic E-state index is 6.00. The van der Waals surface area contributed by atoms with Crippen LogP contribution in [-0.2, 0) is 19.0 Å². The topological polar surface area (TPSA) is 67.6 Å². The van der Waals surface area contributed by atoms with Crippen molar-refractivity contribution in [1.82, 2.24) is 25.0 Å². The number of nitrogens with one attached hydrogen (secondary N) is 1. The fourth-order valence-corrected chi connectivity index (χ4v) is 2.67. The molecule has 0 aliphatic heterocycles. The van der Waals surface area contributed by atoms with Crippen molar-refractivity contribution in [3.8, 4) is 5.75 Å². The first-order valence-electron chi connectivity index (χ1n) is 8.80. The van der Waals surface area contributed by atoms with Crippen LogP contribution >= 0.6 is 24.0 Å². The third kappa shape index (κ3) is 6.67. The number of hydrogen-bond acceptors (Lipinski definition) is 4. The molecule has 2 aromatic rings. The molecule has 2 rings (SSSR count). The summed E-state index contributed by atoms with van der Waals surface area (Å²) in [5.41, 5.74) is 1.26. The van der Waals surface area contributed by atoms with Gasteiger partial charge in [0.1, 0.15) is 24.5 Å². The number of benzene rings is 1. The minimum atomic E-state index is 0. The van der Waals surface area contributed by atoms with Gasteiger partial charge in [0.2, 0.25) is 0 Å². The summed E-state index contributed by atoms with van der Waals surface area (Å²) in [6.07, 6.45) is 1.56. The quantitative estimate of drug-likeness (QED) is 0.295. The zero-order valence-electron chi connectivity index (χ0n) is 17.1. The number of para-hydroxylation sites is 1. The van der Waals surface area contributed by atoms with Crippen LogP contribution in [0.3, 0.4) is 0 Å². The molecule has 1 heterocycles. The van der Waals surface area contributed by atoms with Gasteiger partial charge in [0, 0.05) is 21.1 Å². The molecular weight excluding hydrogens is 455 g/mol. The van der Waals surface area contributed by atoms with E-state index in [4.69, 9.17) is 4.74 Å². The van der Waals surface area contributed by atoms with Gasteiger partial charge in [-0.15, -0.1) is 24.0 Å². The SMILES string of the molecule is CN=C(NCCOc1ccccc1C(C)(C)C)N(C)Cc1ncnn1C.I. The molecule has 150 valence electrons. The third-order valence-corrected chi connectivity index (χ3v) is 4.09. The Morgan fingerprint density at radius 3 is 2.59 bits per heavy atom. The summed E-state index contributed by atoms with van der Waals surface area (Å²) < 4.78 is 7.76. The van der Waals surface area contributed by atoms with Gasteiger partial charge in [0.05, 0.1) is 13.1 Å². The third-order valence-electron chi connectivity index (χ3n) is 4.09. The Morgan fingerprint density at radius 2 is 2.00 bits per heavy atom. The smallest absolute Gasteiger partial charge is 0.193 e. The number of guanidine groups is 1. The molecule has 8 heteroatoms. The molecule has 0 unspecified atom stereocenters. The first kappa shape index (κ1) is 23.2. The van der Waals surface area contributed by atoms with Gasteiger partial charge in [-0.3, -0.25) is 9.67 Å². The highest BCUT2D eigenvalue weighted by Crippen LogP contribution is 2.30. The van der Waals surface area contributed by atoms with Gasteiger partial charge in [0.15, 0.2) is 5.96 Å². The molecule has 0 aliphatic carbocycles. The number of aliphatic imine (C=N–C) groups is 1. The van der Waals surface area contributed by atoms with Gasteiger partial charge >= 0.3 is 0 Å². The van der Waals surface area contributed by atoms with E-state index in [0.717, 1.165) is 17.5 Å². The lowest BCUT2D eigenvalue weighted by Gasteiger charge is -2.24. The number of hydrogen-bond donors (Lipinski definition) is 1. The molecule has 1 N–H and O–H groups in total. The maximum Gasteiger partial charge on any atom is 0.193 e. The molecule has 7 nitrogen and oxygen atoms in total. The molecule has 0 atom stereocenters. The molecule has 0 amide bonds. The summed E-state index contributed by atoms with van der Waals surface area (Å²) in [5, 5.41) is 7.41. The Labute approximate surface area is 179 Å². The number of rotatable bonds is 6. The van der Waals surface area contributed by atoms with Crippen molar-refractivity contribution in [1.29, 1.82) is 0 Å². The second-order valence-corrected chi connectivity index (χ2v) is 7.22. The standard InChI is InChI=1S/C19H30N6O.HI/c1-19(2,3)15-9-7-8-10-16(15)26-12-11-21-18(20-4)24(5)13-17-22-14-23-25(17)6;/h7-10,14H,11-13H2,1-6H3,(H,20,21);1H. The van der Waals surface area contributed by atoms with Crippen LogP contribution in [-0.4, -0.2) is 52.9 Å². The highest BCUT2D eigenvalue weighted by Gasteiger charge is 2.18. The molecule has 0 spiro atoms. The molecule has 27 heavy (non-hydrogen) atoms. The molecule has 1 aromatic heterocycles. The lowest BCUT2D eigenvalue weighted by Crippen LogP contribution is -2.40. The zero-order chi connectivity index (χ0) is 19.2. The van der Waals surface area contributed by atoms with E-state index in [2.05, 4.69) is 53.3 Å². The number of nitrogens with zero attached hydrogens (tertiary/aromatic N) is 5. The van der Waals surface area contributed by atoms with E-state index in [1.165, 1.54) is 5.56 Å². The van der Waals surface area contributed by atoms with Crippen LogP contribution in [0.5, 0.6) is 5.75 Å². The summed E-state index contributed by atoms with van der Waals surface area (Å²) in [5.74, 6) is 2.61. The summed E-state index contributed by atoms with van der Waals surface area (Å²) in [6.45, 7) is 8.42. The monoisotopic (exact) mass is 486 g/mol. The van der Waals surface area contributed by atoms with Crippen molar-refractivity contribution in [3.63, 3.8) is 0 Å². The lowest BCUT2D eigenvalue weighted by molar-refractivity contribution is 0.310. The first-order chi connectivity index (χ1) is 12.3. The molecule has 0 fully saturated rings. The predicted octanol–water partition coefficient (Wildman–Crippen LogP) is 2.82. The highest BCUT2D eigenvalue weighted by atomic mass is 127. The highest BCUT2D eigenvalue weighted by molar-refractivity contribution is 14.0. The van der Waals surface area contributed by atoms with E-state index in [1.54, 1.807) is 18.1 Å². The fraction of sp³-hybridized carbons (Fsp3) is 0.526. The van der Waals surface area contributed by atoms with E-state index < -0.39 is 0 Å². The fourth-order valence-electron chi connectivity index (χ4n) is 2.67. The first-order valence-corrected chi connectivity index (χ1v) is 8.80. The van der Waals surface area contributed by atoms with Crippen molar-refractivity contribution in [2.45, 2.75) is 32.7 Å². The van der Waals surface area contributed by atoms with Crippen molar-refractivity contribution in [2.75, 3.05) is 27.2 Å². The zero-order valence-corrected chi connectivity index (χ0v) is 19.4. The number of ether oxygens (including phenoxy) is 1. The van der Waals surface area contributed by atoms with E-state index in [0.29, 0.717) is 19.7 Å². The van der Waals surface area contributed by atoms with Crippen LogP contribution in [0.4, 0.5) is 0 Å². The second-order valence-electron chi connectivity index (χ2n) is 7.22. The van der Waals surface area contributed by atoms with Gasteiger partial charge in [-0.1, -0.05) is 39.0 Å². The van der Waals surface area contributed by atoms with Crippen LogP contribution < -0.4 is 10.1 Å². The van der Waals surface area contributed by atoms with Crippen molar-refractivity contribution >= 4 is 29.9 Å². The van der Waals surface area contributed by atoms with Gasteiger partial charge in [-0.2, -0.15) is 5.10 Å². The van der Waals surface area contributed by atoms with Crippen LogP contribution in [0.2, 0.25) is 0 Å². The summed E-state index contributed by atoms with van der Waals surface area (Å²) in [4.78, 5) is 10.6. The van der Waals surface area contributed by atoms with Crippen molar-refractivity contribution in [2.24, 2.45) is 12.0 Å². The van der Waals surface area contributed by atoms with Gasteiger partial charge in [0.25, 0.3) is 0 Å². The molecular formula is C19H31IN6O. The number of aryl methyl sites for hydroxylation is 1. The van der Waals surface area contributed by atoms with Crippen LogP contribution in [0, 0.1) is 0 Å².